The summed E-state index contributed by atoms with van der Waals surface area (Å²) >= 11 is 0. The van der Waals surface area contributed by atoms with Crippen molar-refractivity contribution in [3.63, 3.8) is 0 Å². The number of amides is 1. The van der Waals surface area contributed by atoms with E-state index in [2.05, 4.69) is 5.32 Å². The van der Waals surface area contributed by atoms with Gasteiger partial charge in [-0.2, -0.15) is 4.39 Å². The Kier molecular flexibility index (Phi) is 5.27. The Hall–Kier alpha value is -2.14. The molecule has 1 amide bonds. The third-order valence-corrected chi connectivity index (χ3v) is 3.23. The molecule has 0 saturated carbocycles. The maximum atomic E-state index is 13.5. The minimum atomic E-state index is -3.68. The van der Waals surface area contributed by atoms with Crippen molar-refractivity contribution in [1.29, 1.82) is 0 Å². The molecule has 11 heteroatoms. The summed E-state index contributed by atoms with van der Waals surface area (Å²) in [5.41, 5.74) is -1.80. The molecular weight excluding hydrogens is 312 g/mol. The van der Waals surface area contributed by atoms with Crippen LogP contribution in [0.15, 0.2) is 12.1 Å². The lowest BCUT2D eigenvalue weighted by molar-refractivity contribution is -0.387. The zero-order chi connectivity index (χ0) is 16.2. The van der Waals surface area contributed by atoms with E-state index in [9.17, 15) is 32.1 Å². The third-order valence-electron chi connectivity index (χ3n) is 2.37. The number of nitrogens with one attached hydrogen (secondary N) is 1. The maximum Gasteiger partial charge on any atom is 0.307 e. The highest BCUT2D eigenvalue weighted by molar-refractivity contribution is 7.89. The van der Waals surface area contributed by atoms with Gasteiger partial charge in [0.1, 0.15) is 5.82 Å². The molecule has 0 aromatic heterocycles. The molecule has 0 fully saturated rings. The number of halogens is 2. The van der Waals surface area contributed by atoms with Crippen LogP contribution in [0.1, 0.15) is 16.8 Å². The monoisotopic (exact) mass is 323 g/mol. The molecule has 8 nitrogen and oxygen atoms in total. The number of nitrogens with two attached hydrogens (primary N) is 1. The van der Waals surface area contributed by atoms with Crippen LogP contribution >= 0.6 is 0 Å². The second kappa shape index (κ2) is 6.54. The topological polar surface area (TPSA) is 132 Å². The Balaban J connectivity index is 2.75. The van der Waals surface area contributed by atoms with Crippen LogP contribution in [-0.2, 0) is 10.0 Å². The molecule has 0 heterocycles. The van der Waals surface area contributed by atoms with Crippen LogP contribution in [0.4, 0.5) is 14.5 Å². The van der Waals surface area contributed by atoms with Crippen molar-refractivity contribution in [3.05, 3.63) is 39.4 Å². The Labute approximate surface area is 118 Å². The van der Waals surface area contributed by atoms with Crippen molar-refractivity contribution in [2.75, 3.05) is 12.3 Å². The van der Waals surface area contributed by atoms with Crippen molar-refractivity contribution in [2.24, 2.45) is 5.14 Å². The summed E-state index contributed by atoms with van der Waals surface area (Å²) in [6.07, 6.45) is -0.0122. The molecule has 116 valence electrons. The Morgan fingerprint density at radius 2 is 1.95 bits per heavy atom. The van der Waals surface area contributed by atoms with Gasteiger partial charge in [-0.15, -0.1) is 0 Å². The van der Waals surface area contributed by atoms with Crippen molar-refractivity contribution < 1.29 is 26.9 Å². The van der Waals surface area contributed by atoms with E-state index in [1.54, 1.807) is 0 Å². The summed E-state index contributed by atoms with van der Waals surface area (Å²) in [5, 5.41) is 17.3. The number of benzene rings is 1. The van der Waals surface area contributed by atoms with Gasteiger partial charge in [-0.3, -0.25) is 14.9 Å². The molecule has 1 rings (SSSR count). The second-order valence-electron chi connectivity index (χ2n) is 4.02. The summed E-state index contributed by atoms with van der Waals surface area (Å²) in [5.74, 6) is -4.01. The summed E-state index contributed by atoms with van der Waals surface area (Å²) in [7, 11) is -3.68. The number of hydrogen-bond donors (Lipinski definition) is 2. The Bertz CT molecular complexity index is 678. The molecule has 1 aromatic rings. The first-order chi connectivity index (χ1) is 9.61. The van der Waals surface area contributed by atoms with E-state index in [0.717, 1.165) is 0 Å². The first-order valence-electron chi connectivity index (χ1n) is 5.54. The summed E-state index contributed by atoms with van der Waals surface area (Å²) in [4.78, 5) is 20.8. The van der Waals surface area contributed by atoms with E-state index in [0.29, 0.717) is 12.1 Å². The third kappa shape index (κ3) is 5.04. The fraction of sp³-hybridized carbons (Fsp3) is 0.300. The zero-order valence-electron chi connectivity index (χ0n) is 10.5. The number of nitro benzene ring substituents is 1. The Morgan fingerprint density at radius 1 is 1.33 bits per heavy atom. The highest BCUT2D eigenvalue weighted by Gasteiger charge is 2.21. The number of primary sulfonamides is 1. The lowest BCUT2D eigenvalue weighted by Crippen LogP contribution is -2.28. The number of sulfonamides is 1. The summed E-state index contributed by atoms with van der Waals surface area (Å²) in [6, 6.07) is 0.705. The van der Waals surface area contributed by atoms with Gasteiger partial charge in [0, 0.05) is 6.54 Å². The highest BCUT2D eigenvalue weighted by Crippen LogP contribution is 2.21. The van der Waals surface area contributed by atoms with Crippen molar-refractivity contribution in [3.8, 4) is 0 Å². The lowest BCUT2D eigenvalue weighted by Gasteiger charge is -2.06. The molecule has 21 heavy (non-hydrogen) atoms. The standard InChI is InChI=1S/C10H11F2N3O5S/c11-7-5-9(15(17)18)8(12)4-6(7)10(16)14-2-1-3-21(13,19)20/h4-5H,1-3H2,(H,14,16)(H2,13,19,20). The predicted octanol–water partition coefficient (Wildman–Crippen LogP) is 0.281. The van der Waals surface area contributed by atoms with E-state index in [4.69, 9.17) is 5.14 Å². The van der Waals surface area contributed by atoms with Gasteiger partial charge >= 0.3 is 5.69 Å². The first-order valence-corrected chi connectivity index (χ1v) is 7.25. The van der Waals surface area contributed by atoms with Gasteiger partial charge in [-0.05, 0) is 12.5 Å². The number of nitro groups is 1. The van der Waals surface area contributed by atoms with Crippen LogP contribution in [0.2, 0.25) is 0 Å². The Morgan fingerprint density at radius 3 is 2.48 bits per heavy atom. The van der Waals surface area contributed by atoms with Gasteiger partial charge in [-0.1, -0.05) is 0 Å². The van der Waals surface area contributed by atoms with E-state index >= 15 is 0 Å². The maximum absolute atomic E-state index is 13.5. The molecule has 0 saturated heterocycles. The van der Waals surface area contributed by atoms with Crippen LogP contribution in [0, 0.1) is 21.7 Å². The van der Waals surface area contributed by atoms with E-state index < -0.39 is 43.7 Å². The average molecular weight is 323 g/mol. The van der Waals surface area contributed by atoms with E-state index in [1.165, 1.54) is 0 Å². The number of rotatable bonds is 6. The molecule has 3 N–H and O–H groups in total. The molecule has 0 aliphatic carbocycles. The van der Waals surface area contributed by atoms with E-state index in [-0.39, 0.29) is 18.7 Å². The number of hydrogen-bond acceptors (Lipinski definition) is 5. The van der Waals surface area contributed by atoms with Crippen molar-refractivity contribution in [1.82, 2.24) is 5.32 Å². The largest absolute Gasteiger partial charge is 0.352 e. The minimum absolute atomic E-state index is 0.0122. The molecule has 0 atom stereocenters. The normalized spacial score (nSPS) is 11.2. The molecule has 0 aliphatic heterocycles. The van der Waals surface area contributed by atoms with E-state index in [1.807, 2.05) is 0 Å². The van der Waals surface area contributed by atoms with Crippen LogP contribution in [0.3, 0.4) is 0 Å². The van der Waals surface area contributed by atoms with Gasteiger partial charge in [0.25, 0.3) is 5.91 Å². The van der Waals surface area contributed by atoms with Gasteiger partial charge in [0.05, 0.1) is 22.3 Å². The zero-order valence-corrected chi connectivity index (χ0v) is 11.3. The molecule has 0 aliphatic rings. The quantitative estimate of drug-likeness (QED) is 0.441. The first kappa shape index (κ1) is 16.9. The molecule has 1 aromatic carbocycles. The van der Waals surface area contributed by atoms with Crippen LogP contribution in [0.5, 0.6) is 0 Å². The van der Waals surface area contributed by atoms with Gasteiger partial charge < -0.3 is 5.32 Å². The van der Waals surface area contributed by atoms with Crippen molar-refractivity contribution >= 4 is 21.6 Å². The van der Waals surface area contributed by atoms with Crippen LogP contribution in [0.25, 0.3) is 0 Å². The van der Waals surface area contributed by atoms with Crippen molar-refractivity contribution in [2.45, 2.75) is 6.42 Å². The molecular formula is C10H11F2N3O5S. The molecule has 0 radical (unpaired) electrons. The number of nitrogens with zero attached hydrogens (tertiary/aromatic N) is 1. The molecule has 0 unspecified atom stereocenters. The molecule has 0 bridgehead atoms. The molecule has 0 spiro atoms. The summed E-state index contributed by atoms with van der Waals surface area (Å²) in [6.45, 7) is -0.132. The van der Waals surface area contributed by atoms with Crippen LogP contribution in [-0.4, -0.2) is 31.5 Å². The number of carbonyl (C=O) groups is 1. The fourth-order valence-corrected chi connectivity index (χ4v) is 1.97. The fourth-order valence-electron chi connectivity index (χ4n) is 1.42. The van der Waals surface area contributed by atoms with Crippen LogP contribution < -0.4 is 10.5 Å². The summed E-state index contributed by atoms with van der Waals surface area (Å²) < 4.78 is 48.1. The highest BCUT2D eigenvalue weighted by atomic mass is 32.2. The van der Waals surface area contributed by atoms with Gasteiger partial charge in [0.15, 0.2) is 0 Å². The second-order valence-corrected chi connectivity index (χ2v) is 5.75. The van der Waals surface area contributed by atoms with Gasteiger partial charge in [0.2, 0.25) is 15.8 Å². The number of carbonyl (C=O) groups excluding carboxylic acids is 1. The lowest BCUT2D eigenvalue weighted by atomic mass is 10.1. The smallest absolute Gasteiger partial charge is 0.307 e. The minimum Gasteiger partial charge on any atom is -0.352 e. The average Bonchev–Trinajstić information content (AvgIpc) is 2.35. The SMILES string of the molecule is NS(=O)(=O)CCCNC(=O)c1cc(F)c([N+](=O)[O-])cc1F. The predicted molar refractivity (Wildman–Crippen MR) is 67.9 cm³/mol. The van der Waals surface area contributed by atoms with Gasteiger partial charge in [-0.25, -0.2) is 17.9 Å².